The van der Waals surface area contributed by atoms with Gasteiger partial charge in [0.1, 0.15) is 0 Å². The molecule has 1 saturated heterocycles. The van der Waals surface area contributed by atoms with Crippen LogP contribution in [-0.2, 0) is 11.2 Å². The molecule has 1 amide bonds. The molecule has 1 aliphatic heterocycles. The molecule has 1 aliphatic rings. The van der Waals surface area contributed by atoms with Crippen molar-refractivity contribution in [3.8, 4) is 0 Å². The van der Waals surface area contributed by atoms with Crippen molar-refractivity contribution in [1.29, 1.82) is 0 Å². The van der Waals surface area contributed by atoms with Gasteiger partial charge in [-0.1, -0.05) is 29.8 Å². The van der Waals surface area contributed by atoms with Gasteiger partial charge in [-0.3, -0.25) is 4.79 Å². The minimum Gasteiger partial charge on any atom is -0.343 e. The van der Waals surface area contributed by atoms with Crippen LogP contribution in [0.3, 0.4) is 0 Å². The van der Waals surface area contributed by atoms with Crippen molar-refractivity contribution in [1.82, 2.24) is 4.90 Å². The van der Waals surface area contributed by atoms with Gasteiger partial charge >= 0.3 is 0 Å². The number of aryl methyl sites for hydroxylation is 2. The maximum absolute atomic E-state index is 11.4. The maximum atomic E-state index is 11.4. The van der Waals surface area contributed by atoms with Crippen LogP contribution in [0.1, 0.15) is 30.4 Å². The zero-order valence-corrected chi connectivity index (χ0v) is 9.91. The Bertz CT molecular complexity index is 356. The normalized spacial score (nSPS) is 15.8. The Balaban J connectivity index is 1.75. The largest absolute Gasteiger partial charge is 0.343 e. The van der Waals surface area contributed by atoms with Gasteiger partial charge in [0.15, 0.2) is 0 Å². The number of likely N-dealkylation sites (tertiary alicyclic amines) is 1. The van der Waals surface area contributed by atoms with E-state index in [0.29, 0.717) is 5.91 Å². The Morgan fingerprint density at radius 3 is 2.62 bits per heavy atom. The first-order chi connectivity index (χ1) is 7.75. The van der Waals surface area contributed by atoms with Gasteiger partial charge in [-0.25, -0.2) is 0 Å². The summed E-state index contributed by atoms with van der Waals surface area (Å²) in [6.45, 7) is 3.99. The van der Waals surface area contributed by atoms with Gasteiger partial charge in [-0.05, 0) is 31.7 Å². The van der Waals surface area contributed by atoms with Gasteiger partial charge < -0.3 is 4.90 Å². The van der Waals surface area contributed by atoms with Gasteiger partial charge in [0.25, 0.3) is 0 Å². The van der Waals surface area contributed by atoms with Crippen molar-refractivity contribution >= 4 is 5.91 Å². The van der Waals surface area contributed by atoms with Crippen LogP contribution in [0.15, 0.2) is 24.3 Å². The van der Waals surface area contributed by atoms with E-state index in [-0.39, 0.29) is 0 Å². The van der Waals surface area contributed by atoms with Crippen LogP contribution in [0, 0.1) is 6.92 Å². The molecule has 0 atom stereocenters. The molecule has 2 nitrogen and oxygen atoms in total. The number of amides is 1. The average Bonchev–Trinajstić information content (AvgIpc) is 2.68. The van der Waals surface area contributed by atoms with Crippen LogP contribution in [-0.4, -0.2) is 23.9 Å². The average molecular weight is 217 g/mol. The van der Waals surface area contributed by atoms with E-state index < -0.39 is 0 Å². The number of carbonyl (C=O) groups excluding carboxylic acids is 1. The summed E-state index contributed by atoms with van der Waals surface area (Å²) in [6.07, 6.45) is 3.95. The summed E-state index contributed by atoms with van der Waals surface area (Å²) in [5, 5.41) is 0. The molecule has 0 saturated carbocycles. The number of carbonyl (C=O) groups is 1. The molecule has 86 valence electrons. The van der Waals surface area contributed by atoms with Crippen LogP contribution in [0.4, 0.5) is 0 Å². The molecule has 0 spiro atoms. The minimum atomic E-state index is 0.337. The van der Waals surface area contributed by atoms with Gasteiger partial charge in [0.2, 0.25) is 5.91 Å². The maximum Gasteiger partial charge on any atom is 0.222 e. The standard InChI is InChI=1S/C14H19NO/c1-12-6-8-13(9-7-12)4-2-10-15-11-3-5-14(15)16/h6-9H,2-5,10-11H2,1H3. The summed E-state index contributed by atoms with van der Waals surface area (Å²) in [4.78, 5) is 13.4. The molecule has 0 N–H and O–H groups in total. The number of hydrogen-bond acceptors (Lipinski definition) is 1. The fourth-order valence-corrected chi connectivity index (χ4v) is 2.17. The van der Waals surface area contributed by atoms with Crippen molar-refractivity contribution < 1.29 is 4.79 Å². The Morgan fingerprint density at radius 1 is 1.25 bits per heavy atom. The zero-order valence-electron chi connectivity index (χ0n) is 9.91. The number of rotatable bonds is 4. The Hall–Kier alpha value is -1.31. The van der Waals surface area contributed by atoms with E-state index in [1.165, 1.54) is 11.1 Å². The predicted molar refractivity (Wildman–Crippen MR) is 65.3 cm³/mol. The summed E-state index contributed by atoms with van der Waals surface area (Å²) in [6, 6.07) is 8.66. The third kappa shape index (κ3) is 2.84. The van der Waals surface area contributed by atoms with E-state index >= 15 is 0 Å². The topological polar surface area (TPSA) is 20.3 Å². The van der Waals surface area contributed by atoms with Crippen LogP contribution in [0.25, 0.3) is 0 Å². The molecular formula is C14H19NO. The minimum absolute atomic E-state index is 0.337. The monoisotopic (exact) mass is 217 g/mol. The van der Waals surface area contributed by atoms with E-state index in [1.54, 1.807) is 0 Å². The van der Waals surface area contributed by atoms with Crippen LogP contribution in [0.2, 0.25) is 0 Å². The lowest BCUT2D eigenvalue weighted by Gasteiger charge is -2.14. The van der Waals surface area contributed by atoms with E-state index in [0.717, 1.165) is 38.8 Å². The highest BCUT2D eigenvalue weighted by atomic mass is 16.2. The lowest BCUT2D eigenvalue weighted by atomic mass is 10.1. The smallest absolute Gasteiger partial charge is 0.222 e. The van der Waals surface area contributed by atoms with Crippen LogP contribution < -0.4 is 0 Å². The second-order valence-electron chi connectivity index (χ2n) is 4.57. The molecule has 2 heteroatoms. The molecule has 1 aromatic rings. The molecule has 1 heterocycles. The van der Waals surface area contributed by atoms with E-state index in [4.69, 9.17) is 0 Å². The summed E-state index contributed by atoms with van der Waals surface area (Å²) < 4.78 is 0. The van der Waals surface area contributed by atoms with E-state index in [1.807, 2.05) is 4.90 Å². The Morgan fingerprint density at radius 2 is 2.00 bits per heavy atom. The second-order valence-corrected chi connectivity index (χ2v) is 4.57. The highest BCUT2D eigenvalue weighted by molar-refractivity contribution is 5.77. The van der Waals surface area contributed by atoms with Crippen molar-refractivity contribution in [3.05, 3.63) is 35.4 Å². The molecule has 16 heavy (non-hydrogen) atoms. The van der Waals surface area contributed by atoms with Gasteiger partial charge in [-0.2, -0.15) is 0 Å². The third-order valence-electron chi connectivity index (χ3n) is 3.19. The van der Waals surface area contributed by atoms with Crippen molar-refractivity contribution in [3.63, 3.8) is 0 Å². The fraction of sp³-hybridized carbons (Fsp3) is 0.500. The Labute approximate surface area is 97.3 Å². The predicted octanol–water partition coefficient (Wildman–Crippen LogP) is 2.55. The molecule has 2 rings (SSSR count). The quantitative estimate of drug-likeness (QED) is 0.759. The second kappa shape index (κ2) is 5.15. The molecule has 1 aromatic carbocycles. The molecule has 0 aliphatic carbocycles. The summed E-state index contributed by atoms with van der Waals surface area (Å²) >= 11 is 0. The number of benzene rings is 1. The molecule has 0 radical (unpaired) electrons. The summed E-state index contributed by atoms with van der Waals surface area (Å²) in [7, 11) is 0. The van der Waals surface area contributed by atoms with Gasteiger partial charge in [0.05, 0.1) is 0 Å². The van der Waals surface area contributed by atoms with E-state index in [2.05, 4.69) is 31.2 Å². The van der Waals surface area contributed by atoms with Crippen molar-refractivity contribution in [2.45, 2.75) is 32.6 Å². The van der Waals surface area contributed by atoms with E-state index in [9.17, 15) is 4.79 Å². The number of nitrogens with zero attached hydrogens (tertiary/aromatic N) is 1. The summed E-state index contributed by atoms with van der Waals surface area (Å²) in [5.41, 5.74) is 2.68. The first-order valence-corrected chi connectivity index (χ1v) is 6.09. The van der Waals surface area contributed by atoms with Crippen LogP contribution in [0.5, 0.6) is 0 Å². The highest BCUT2D eigenvalue weighted by Gasteiger charge is 2.18. The molecule has 0 bridgehead atoms. The van der Waals surface area contributed by atoms with Gasteiger partial charge in [-0.15, -0.1) is 0 Å². The summed E-state index contributed by atoms with van der Waals surface area (Å²) in [5.74, 6) is 0.337. The molecule has 0 aromatic heterocycles. The first-order valence-electron chi connectivity index (χ1n) is 6.09. The third-order valence-corrected chi connectivity index (χ3v) is 3.19. The molecule has 1 fully saturated rings. The number of hydrogen-bond donors (Lipinski definition) is 0. The lowest BCUT2D eigenvalue weighted by Crippen LogP contribution is -2.25. The van der Waals surface area contributed by atoms with Crippen molar-refractivity contribution in [2.75, 3.05) is 13.1 Å². The SMILES string of the molecule is Cc1ccc(CCCN2CCCC2=O)cc1. The van der Waals surface area contributed by atoms with Crippen LogP contribution >= 0.6 is 0 Å². The lowest BCUT2D eigenvalue weighted by molar-refractivity contribution is -0.127. The van der Waals surface area contributed by atoms with Gasteiger partial charge in [0, 0.05) is 19.5 Å². The first kappa shape index (κ1) is 11.2. The molecular weight excluding hydrogens is 198 g/mol. The molecule has 0 unspecified atom stereocenters. The highest BCUT2D eigenvalue weighted by Crippen LogP contribution is 2.11. The zero-order chi connectivity index (χ0) is 11.4. The van der Waals surface area contributed by atoms with Crippen molar-refractivity contribution in [2.24, 2.45) is 0 Å². The Kier molecular flexibility index (Phi) is 3.60. The fourth-order valence-electron chi connectivity index (χ4n) is 2.17.